The number of nitrogens with zero attached hydrogens (tertiary/aromatic N) is 1. The van der Waals surface area contributed by atoms with Crippen molar-refractivity contribution in [1.29, 1.82) is 0 Å². The highest BCUT2D eigenvalue weighted by Gasteiger charge is 2.06. The van der Waals surface area contributed by atoms with Gasteiger partial charge in [0.2, 0.25) is 5.91 Å². The number of thioether (sulfide) groups is 1. The van der Waals surface area contributed by atoms with E-state index in [0.717, 1.165) is 38.4 Å². The molecule has 1 amide bonds. The Morgan fingerprint density at radius 3 is 2.31 bits per heavy atom. The third-order valence-corrected chi connectivity index (χ3v) is 5.83. The molecule has 0 aliphatic carbocycles. The number of rotatable bonds is 6. The minimum Gasteiger partial charge on any atom is -0.272 e. The Balaban J connectivity index is 1.44. The lowest BCUT2D eigenvalue weighted by atomic mass is 9.97. The molecule has 5 heteroatoms. The summed E-state index contributed by atoms with van der Waals surface area (Å²) in [6, 6.07) is 26.2. The molecule has 1 N–H and O–H groups in total. The summed E-state index contributed by atoms with van der Waals surface area (Å²) in [5.74, 6) is 0.934. The van der Waals surface area contributed by atoms with Crippen LogP contribution in [0.5, 0.6) is 0 Å². The van der Waals surface area contributed by atoms with Crippen LogP contribution in [-0.2, 0) is 10.5 Å². The fraction of sp³-hybridized carbons (Fsp3) is 0.0833. The van der Waals surface area contributed by atoms with Gasteiger partial charge in [0, 0.05) is 16.3 Å². The van der Waals surface area contributed by atoms with Crippen LogP contribution in [0, 0.1) is 0 Å². The Labute approximate surface area is 178 Å². The Morgan fingerprint density at radius 2 is 1.62 bits per heavy atom. The average Bonchev–Trinajstić information content (AvgIpc) is 2.73. The number of hydrazone groups is 1. The Morgan fingerprint density at radius 1 is 0.931 bits per heavy atom. The van der Waals surface area contributed by atoms with E-state index in [1.807, 2.05) is 48.5 Å². The summed E-state index contributed by atoms with van der Waals surface area (Å²) in [5.41, 5.74) is 4.75. The van der Waals surface area contributed by atoms with Crippen molar-refractivity contribution < 1.29 is 4.79 Å². The number of amides is 1. The molecular weight excluding hydrogens is 400 g/mol. The molecule has 4 aromatic carbocycles. The van der Waals surface area contributed by atoms with Crippen LogP contribution in [0.3, 0.4) is 0 Å². The molecule has 0 aliphatic rings. The highest BCUT2D eigenvalue weighted by Crippen LogP contribution is 2.27. The average molecular weight is 419 g/mol. The normalized spacial score (nSPS) is 11.3. The molecule has 4 aromatic rings. The van der Waals surface area contributed by atoms with E-state index in [4.69, 9.17) is 11.6 Å². The maximum absolute atomic E-state index is 12.1. The van der Waals surface area contributed by atoms with Crippen LogP contribution < -0.4 is 5.43 Å². The molecule has 0 bridgehead atoms. The monoisotopic (exact) mass is 418 g/mol. The SMILES string of the molecule is O=C(CSCc1cccc(Cl)c1)N/N=C\c1c2ccccc2cc2ccccc12. The third-order valence-electron chi connectivity index (χ3n) is 4.59. The van der Waals surface area contributed by atoms with Crippen LogP contribution in [0.25, 0.3) is 21.5 Å². The molecule has 0 aliphatic heterocycles. The summed E-state index contributed by atoms with van der Waals surface area (Å²) in [7, 11) is 0. The number of hydrogen-bond donors (Lipinski definition) is 1. The van der Waals surface area contributed by atoms with Crippen molar-refractivity contribution in [2.75, 3.05) is 5.75 Å². The van der Waals surface area contributed by atoms with Gasteiger partial charge in [-0.1, -0.05) is 72.3 Å². The van der Waals surface area contributed by atoms with Gasteiger partial charge in [0.1, 0.15) is 0 Å². The second-order valence-corrected chi connectivity index (χ2v) is 8.07. The quantitative estimate of drug-likeness (QED) is 0.236. The predicted octanol–water partition coefficient (Wildman–Crippen LogP) is 6.03. The van der Waals surface area contributed by atoms with E-state index in [0.29, 0.717) is 10.8 Å². The van der Waals surface area contributed by atoms with Gasteiger partial charge in [-0.25, -0.2) is 5.43 Å². The predicted molar refractivity (Wildman–Crippen MR) is 125 cm³/mol. The second kappa shape index (κ2) is 9.12. The van der Waals surface area contributed by atoms with Gasteiger partial charge in [-0.15, -0.1) is 11.8 Å². The Kier molecular flexibility index (Phi) is 6.13. The molecule has 0 unspecified atom stereocenters. The zero-order chi connectivity index (χ0) is 20.1. The summed E-state index contributed by atoms with van der Waals surface area (Å²) in [4.78, 5) is 12.1. The molecule has 0 aromatic heterocycles. The van der Waals surface area contributed by atoms with Gasteiger partial charge in [0.05, 0.1) is 12.0 Å². The lowest BCUT2D eigenvalue weighted by Crippen LogP contribution is -2.19. The van der Waals surface area contributed by atoms with Crippen molar-refractivity contribution >= 4 is 57.0 Å². The summed E-state index contributed by atoms with van der Waals surface area (Å²) < 4.78 is 0. The molecule has 0 radical (unpaired) electrons. The maximum Gasteiger partial charge on any atom is 0.250 e. The van der Waals surface area contributed by atoms with Crippen molar-refractivity contribution in [1.82, 2.24) is 5.43 Å². The van der Waals surface area contributed by atoms with Crippen LogP contribution in [0.4, 0.5) is 0 Å². The Hall–Kier alpha value is -2.82. The number of nitrogens with one attached hydrogen (secondary N) is 1. The standard InChI is InChI=1S/C24H19ClN2OS/c25-20-9-5-6-17(12-20)15-29-16-24(28)27-26-14-23-21-10-3-1-7-18(21)13-19-8-2-4-11-22(19)23/h1-14H,15-16H2,(H,27,28)/b26-14-. The first-order valence-corrected chi connectivity index (χ1v) is 10.8. The molecule has 0 saturated heterocycles. The van der Waals surface area contributed by atoms with Crippen molar-refractivity contribution in [3.8, 4) is 0 Å². The lowest BCUT2D eigenvalue weighted by Gasteiger charge is -2.08. The maximum atomic E-state index is 12.1. The van der Waals surface area contributed by atoms with Crippen LogP contribution in [0.2, 0.25) is 5.02 Å². The van der Waals surface area contributed by atoms with Gasteiger partial charge in [-0.3, -0.25) is 4.79 Å². The van der Waals surface area contributed by atoms with Gasteiger partial charge >= 0.3 is 0 Å². The van der Waals surface area contributed by atoms with E-state index < -0.39 is 0 Å². The molecule has 3 nitrogen and oxygen atoms in total. The first kappa shape index (κ1) is 19.5. The number of halogens is 1. The van der Waals surface area contributed by atoms with Gasteiger partial charge in [0.25, 0.3) is 0 Å². The number of fused-ring (bicyclic) bond motifs is 2. The van der Waals surface area contributed by atoms with Crippen LogP contribution in [0.1, 0.15) is 11.1 Å². The van der Waals surface area contributed by atoms with Gasteiger partial charge < -0.3 is 0 Å². The first-order chi connectivity index (χ1) is 14.2. The van der Waals surface area contributed by atoms with Crippen LogP contribution in [-0.4, -0.2) is 17.9 Å². The molecule has 144 valence electrons. The largest absolute Gasteiger partial charge is 0.272 e. The summed E-state index contributed by atoms with van der Waals surface area (Å²) in [5, 5.41) is 9.45. The molecule has 29 heavy (non-hydrogen) atoms. The summed E-state index contributed by atoms with van der Waals surface area (Å²) >= 11 is 7.52. The van der Waals surface area contributed by atoms with Crippen molar-refractivity contribution in [2.45, 2.75) is 5.75 Å². The number of hydrogen-bond acceptors (Lipinski definition) is 3. The molecule has 0 atom stereocenters. The zero-order valence-electron chi connectivity index (χ0n) is 15.6. The van der Waals surface area contributed by atoms with Crippen molar-refractivity contribution in [3.63, 3.8) is 0 Å². The molecule has 0 spiro atoms. The van der Waals surface area contributed by atoms with Gasteiger partial charge in [-0.2, -0.15) is 5.10 Å². The molecule has 0 saturated carbocycles. The molecule has 0 fully saturated rings. The minimum atomic E-state index is -0.127. The Bertz CT molecular complexity index is 1150. The number of carbonyl (C=O) groups excluding carboxylic acids is 1. The van der Waals surface area contributed by atoms with E-state index in [-0.39, 0.29) is 5.91 Å². The molecule has 0 heterocycles. The van der Waals surface area contributed by atoms with Crippen LogP contribution in [0.15, 0.2) is 84.0 Å². The van der Waals surface area contributed by atoms with E-state index in [1.54, 1.807) is 6.21 Å². The van der Waals surface area contributed by atoms with E-state index in [2.05, 4.69) is 40.9 Å². The van der Waals surface area contributed by atoms with Crippen LogP contribution >= 0.6 is 23.4 Å². The summed E-state index contributed by atoms with van der Waals surface area (Å²) in [6.07, 6.45) is 1.74. The number of benzene rings is 4. The molecular formula is C24H19ClN2OS. The number of carbonyl (C=O) groups is 1. The van der Waals surface area contributed by atoms with E-state index in [9.17, 15) is 4.79 Å². The van der Waals surface area contributed by atoms with Gasteiger partial charge in [-0.05, 0) is 45.3 Å². The first-order valence-electron chi connectivity index (χ1n) is 9.25. The fourth-order valence-electron chi connectivity index (χ4n) is 3.28. The zero-order valence-corrected chi connectivity index (χ0v) is 17.2. The summed E-state index contributed by atoms with van der Waals surface area (Å²) in [6.45, 7) is 0. The third kappa shape index (κ3) is 4.78. The fourth-order valence-corrected chi connectivity index (χ4v) is 4.26. The minimum absolute atomic E-state index is 0.127. The van der Waals surface area contributed by atoms with E-state index >= 15 is 0 Å². The molecule has 4 rings (SSSR count). The highest BCUT2D eigenvalue weighted by atomic mass is 35.5. The second-order valence-electron chi connectivity index (χ2n) is 6.65. The van der Waals surface area contributed by atoms with Crippen molar-refractivity contribution in [3.05, 3.63) is 95.0 Å². The van der Waals surface area contributed by atoms with Crippen molar-refractivity contribution in [2.24, 2.45) is 5.10 Å². The van der Waals surface area contributed by atoms with Gasteiger partial charge in [0.15, 0.2) is 0 Å². The topological polar surface area (TPSA) is 41.5 Å². The van der Waals surface area contributed by atoms with E-state index in [1.165, 1.54) is 11.8 Å². The highest BCUT2D eigenvalue weighted by molar-refractivity contribution is 7.99. The smallest absolute Gasteiger partial charge is 0.250 e. The lowest BCUT2D eigenvalue weighted by molar-refractivity contribution is -0.118.